The second-order valence-electron chi connectivity index (χ2n) is 5.40. The number of rotatable bonds is 4. The number of fused-ring (bicyclic) bond motifs is 1. The molecule has 0 aliphatic carbocycles. The number of halogens is 4. The summed E-state index contributed by atoms with van der Waals surface area (Å²) in [5.41, 5.74) is 5.45. The highest BCUT2D eigenvalue weighted by Gasteiger charge is 2.28. The van der Waals surface area contributed by atoms with Gasteiger partial charge >= 0.3 is 6.18 Å². The van der Waals surface area contributed by atoms with E-state index in [1.54, 1.807) is 0 Å². The summed E-state index contributed by atoms with van der Waals surface area (Å²) >= 11 is 0. The fourth-order valence-electron chi connectivity index (χ4n) is 2.50. The first-order chi connectivity index (χ1) is 12.3. The molecule has 0 saturated carbocycles. The van der Waals surface area contributed by atoms with Gasteiger partial charge in [-0.05, 0) is 36.4 Å². The molecule has 0 radical (unpaired) electrons. The molecule has 3 rings (SSSR count). The van der Waals surface area contributed by atoms with Gasteiger partial charge in [-0.25, -0.2) is 9.37 Å². The highest BCUT2D eigenvalue weighted by molar-refractivity contribution is 5.78. The first kappa shape index (κ1) is 17.9. The molecule has 9 heteroatoms. The van der Waals surface area contributed by atoms with Crippen LogP contribution in [-0.2, 0) is 6.54 Å². The van der Waals surface area contributed by atoms with Crippen molar-refractivity contribution in [1.29, 1.82) is 0 Å². The number of nitrogens with two attached hydrogens (primary N) is 1. The number of hydrogen-bond acceptors (Lipinski definition) is 4. The molecule has 0 aliphatic heterocycles. The summed E-state index contributed by atoms with van der Waals surface area (Å²) in [5, 5.41) is -0.193. The van der Waals surface area contributed by atoms with E-state index in [2.05, 4.69) is 9.72 Å². The first-order valence-corrected chi connectivity index (χ1v) is 7.50. The molecule has 0 spiro atoms. The SMILES string of the molecule is NCc1nc2cccc(F)c2c(=O)n1-c1ccc(OCC(F)(F)F)cc1. The summed E-state index contributed by atoms with van der Waals surface area (Å²) in [6.45, 7) is -1.52. The Bertz CT molecular complexity index is 998. The molecular weight excluding hydrogens is 354 g/mol. The fraction of sp³-hybridized carbons (Fsp3) is 0.176. The van der Waals surface area contributed by atoms with E-state index < -0.39 is 24.2 Å². The average Bonchev–Trinajstić information content (AvgIpc) is 2.59. The molecule has 1 heterocycles. The van der Waals surface area contributed by atoms with Crippen molar-refractivity contribution in [1.82, 2.24) is 9.55 Å². The van der Waals surface area contributed by atoms with Crippen LogP contribution in [0.25, 0.3) is 16.6 Å². The zero-order chi connectivity index (χ0) is 18.9. The van der Waals surface area contributed by atoms with Crippen LogP contribution in [-0.4, -0.2) is 22.3 Å². The summed E-state index contributed by atoms with van der Waals surface area (Å²) in [6, 6.07) is 9.38. The van der Waals surface area contributed by atoms with E-state index >= 15 is 0 Å². The molecule has 2 N–H and O–H groups in total. The second-order valence-corrected chi connectivity index (χ2v) is 5.40. The predicted octanol–water partition coefficient (Wildman–Crippen LogP) is 2.92. The fourth-order valence-corrected chi connectivity index (χ4v) is 2.50. The number of aromatic nitrogens is 2. The van der Waals surface area contributed by atoms with Crippen LogP contribution in [0.1, 0.15) is 5.82 Å². The van der Waals surface area contributed by atoms with Crippen molar-refractivity contribution in [2.24, 2.45) is 5.73 Å². The van der Waals surface area contributed by atoms with Gasteiger partial charge in [0.25, 0.3) is 5.56 Å². The molecule has 0 bridgehead atoms. The molecule has 26 heavy (non-hydrogen) atoms. The van der Waals surface area contributed by atoms with Crippen LogP contribution in [0.3, 0.4) is 0 Å². The van der Waals surface area contributed by atoms with Crippen molar-refractivity contribution in [2.75, 3.05) is 6.61 Å². The molecule has 0 fully saturated rings. The third kappa shape index (κ3) is 3.52. The summed E-state index contributed by atoms with van der Waals surface area (Å²) in [4.78, 5) is 16.9. The smallest absolute Gasteiger partial charge is 0.422 e. The van der Waals surface area contributed by atoms with E-state index in [0.717, 1.165) is 10.6 Å². The maximum atomic E-state index is 14.0. The van der Waals surface area contributed by atoms with Crippen molar-refractivity contribution >= 4 is 10.9 Å². The summed E-state index contributed by atoms with van der Waals surface area (Å²) < 4.78 is 56.4. The van der Waals surface area contributed by atoms with Gasteiger partial charge in [0, 0.05) is 0 Å². The summed E-state index contributed by atoms with van der Waals surface area (Å²) in [7, 11) is 0. The number of ether oxygens (including phenoxy) is 1. The quantitative estimate of drug-likeness (QED) is 0.720. The molecule has 0 atom stereocenters. The van der Waals surface area contributed by atoms with Crippen molar-refractivity contribution < 1.29 is 22.3 Å². The van der Waals surface area contributed by atoms with Gasteiger partial charge in [0.15, 0.2) is 6.61 Å². The monoisotopic (exact) mass is 367 g/mol. The van der Waals surface area contributed by atoms with Gasteiger partial charge < -0.3 is 10.5 Å². The molecule has 0 saturated heterocycles. The molecular formula is C17H13F4N3O2. The number of hydrogen-bond donors (Lipinski definition) is 1. The Balaban J connectivity index is 2.06. The van der Waals surface area contributed by atoms with Crippen LogP contribution < -0.4 is 16.0 Å². The molecule has 1 aromatic heterocycles. The van der Waals surface area contributed by atoms with Crippen LogP contribution in [0.5, 0.6) is 5.75 Å². The molecule has 0 unspecified atom stereocenters. The molecule has 0 amide bonds. The Kier molecular flexibility index (Phi) is 4.64. The van der Waals surface area contributed by atoms with E-state index in [9.17, 15) is 22.4 Å². The van der Waals surface area contributed by atoms with Gasteiger partial charge in [0.05, 0.1) is 17.7 Å². The van der Waals surface area contributed by atoms with Gasteiger partial charge in [0.1, 0.15) is 22.8 Å². The number of alkyl halides is 3. The van der Waals surface area contributed by atoms with E-state index in [1.165, 1.54) is 36.4 Å². The van der Waals surface area contributed by atoms with Crippen molar-refractivity contribution in [3.05, 3.63) is 64.5 Å². The third-order valence-corrected chi connectivity index (χ3v) is 3.60. The minimum Gasteiger partial charge on any atom is -0.484 e. The van der Waals surface area contributed by atoms with Crippen molar-refractivity contribution in [3.63, 3.8) is 0 Å². The lowest BCUT2D eigenvalue weighted by Gasteiger charge is -2.14. The Morgan fingerprint density at radius 1 is 1.12 bits per heavy atom. The standard InChI is InChI=1S/C17H13F4N3O2/c18-12-2-1-3-13-15(12)16(25)24(14(8-22)23-13)10-4-6-11(7-5-10)26-9-17(19,20)21/h1-7H,8-9,22H2. The first-order valence-electron chi connectivity index (χ1n) is 7.50. The van der Waals surface area contributed by atoms with Crippen LogP contribution in [0, 0.1) is 5.82 Å². The topological polar surface area (TPSA) is 70.1 Å². The minimum absolute atomic E-state index is 0.0200. The van der Waals surface area contributed by atoms with Crippen molar-refractivity contribution in [2.45, 2.75) is 12.7 Å². The summed E-state index contributed by atoms with van der Waals surface area (Å²) in [6.07, 6.45) is -4.46. The van der Waals surface area contributed by atoms with Gasteiger partial charge in [-0.3, -0.25) is 9.36 Å². The molecule has 5 nitrogen and oxygen atoms in total. The normalized spacial score (nSPS) is 11.7. The van der Waals surface area contributed by atoms with Crippen LogP contribution in [0.4, 0.5) is 17.6 Å². The lowest BCUT2D eigenvalue weighted by atomic mass is 10.2. The van der Waals surface area contributed by atoms with Gasteiger partial charge in [0.2, 0.25) is 0 Å². The number of benzene rings is 2. The second kappa shape index (κ2) is 6.75. The van der Waals surface area contributed by atoms with Gasteiger partial charge in [-0.2, -0.15) is 13.2 Å². The highest BCUT2D eigenvalue weighted by Crippen LogP contribution is 2.21. The molecule has 136 valence electrons. The Labute approximate surface area is 144 Å². The van der Waals surface area contributed by atoms with E-state index in [1.807, 2.05) is 0 Å². The Morgan fingerprint density at radius 2 is 1.81 bits per heavy atom. The van der Waals surface area contributed by atoms with Crippen molar-refractivity contribution in [3.8, 4) is 11.4 Å². The Hall–Kier alpha value is -2.94. The predicted molar refractivity (Wildman–Crippen MR) is 86.7 cm³/mol. The van der Waals surface area contributed by atoms with E-state index in [4.69, 9.17) is 5.73 Å². The zero-order valence-electron chi connectivity index (χ0n) is 13.3. The average molecular weight is 367 g/mol. The molecule has 2 aromatic carbocycles. The maximum absolute atomic E-state index is 14.0. The van der Waals surface area contributed by atoms with E-state index in [-0.39, 0.29) is 34.7 Å². The van der Waals surface area contributed by atoms with Crippen LogP contribution in [0.15, 0.2) is 47.3 Å². The molecule has 0 aliphatic rings. The third-order valence-electron chi connectivity index (χ3n) is 3.60. The maximum Gasteiger partial charge on any atom is 0.422 e. The van der Waals surface area contributed by atoms with E-state index in [0.29, 0.717) is 0 Å². The van der Waals surface area contributed by atoms with Crippen LogP contribution >= 0.6 is 0 Å². The van der Waals surface area contributed by atoms with Gasteiger partial charge in [-0.15, -0.1) is 0 Å². The Morgan fingerprint density at radius 3 is 2.42 bits per heavy atom. The highest BCUT2D eigenvalue weighted by atomic mass is 19.4. The lowest BCUT2D eigenvalue weighted by molar-refractivity contribution is -0.153. The minimum atomic E-state index is -4.46. The van der Waals surface area contributed by atoms with Crippen LogP contribution in [0.2, 0.25) is 0 Å². The molecule has 3 aromatic rings. The van der Waals surface area contributed by atoms with Gasteiger partial charge in [-0.1, -0.05) is 6.07 Å². The number of nitrogens with zero attached hydrogens (tertiary/aromatic N) is 2. The zero-order valence-corrected chi connectivity index (χ0v) is 13.3. The summed E-state index contributed by atoms with van der Waals surface area (Å²) in [5.74, 6) is -0.548. The largest absolute Gasteiger partial charge is 0.484 e. The lowest BCUT2D eigenvalue weighted by Crippen LogP contribution is -2.26.